The Bertz CT molecular complexity index is 638. The summed E-state index contributed by atoms with van der Waals surface area (Å²) in [6, 6.07) is 5.82. The summed E-state index contributed by atoms with van der Waals surface area (Å²) in [5.41, 5.74) is 1.41. The standard InChI is InChI=1S/C17H23N3O/c1-12(2)6-8-17(7-3-9-18-17)16(21)13-4-5-15-14(10-13)11-19-20-15/h4-5,10-12,18H,3,6-9H2,1-2H3,(H,19,20). The van der Waals surface area contributed by atoms with Gasteiger partial charge in [-0.3, -0.25) is 9.89 Å². The van der Waals surface area contributed by atoms with Crippen LogP contribution in [0.1, 0.15) is 49.9 Å². The molecule has 2 aromatic rings. The number of carbonyl (C=O) groups is 1. The molecule has 4 heteroatoms. The molecule has 1 aliphatic heterocycles. The second kappa shape index (κ2) is 5.60. The zero-order valence-corrected chi connectivity index (χ0v) is 12.8. The van der Waals surface area contributed by atoms with Crippen molar-refractivity contribution < 1.29 is 4.79 Å². The number of nitrogens with one attached hydrogen (secondary N) is 2. The van der Waals surface area contributed by atoms with E-state index in [9.17, 15) is 4.79 Å². The first-order chi connectivity index (χ1) is 10.1. The van der Waals surface area contributed by atoms with Gasteiger partial charge in [0, 0.05) is 10.9 Å². The van der Waals surface area contributed by atoms with E-state index in [1.165, 1.54) is 0 Å². The fourth-order valence-electron chi connectivity index (χ4n) is 3.22. The minimum absolute atomic E-state index is 0.240. The number of hydrogen-bond acceptors (Lipinski definition) is 3. The lowest BCUT2D eigenvalue weighted by atomic mass is 9.82. The second-order valence-corrected chi connectivity index (χ2v) is 6.55. The lowest BCUT2D eigenvalue weighted by molar-refractivity contribution is 0.0852. The zero-order valence-electron chi connectivity index (χ0n) is 12.8. The van der Waals surface area contributed by atoms with Crippen LogP contribution in [-0.4, -0.2) is 28.1 Å². The lowest BCUT2D eigenvalue weighted by Gasteiger charge is -2.29. The van der Waals surface area contributed by atoms with Gasteiger partial charge in [-0.2, -0.15) is 5.10 Å². The minimum Gasteiger partial charge on any atom is -0.305 e. The Balaban J connectivity index is 1.89. The molecule has 0 spiro atoms. The molecule has 0 bridgehead atoms. The van der Waals surface area contributed by atoms with E-state index in [-0.39, 0.29) is 11.3 Å². The van der Waals surface area contributed by atoms with Crippen molar-refractivity contribution in [1.82, 2.24) is 15.5 Å². The first-order valence-electron chi connectivity index (χ1n) is 7.84. The number of carbonyl (C=O) groups excluding carboxylic acids is 1. The summed E-state index contributed by atoms with van der Waals surface area (Å²) < 4.78 is 0. The van der Waals surface area contributed by atoms with E-state index in [0.717, 1.165) is 48.7 Å². The van der Waals surface area contributed by atoms with E-state index >= 15 is 0 Å². The van der Waals surface area contributed by atoms with Crippen molar-refractivity contribution in [3.63, 3.8) is 0 Å². The molecule has 0 aliphatic carbocycles. The summed E-state index contributed by atoms with van der Waals surface area (Å²) in [7, 11) is 0. The van der Waals surface area contributed by atoms with E-state index in [1.54, 1.807) is 6.20 Å². The van der Waals surface area contributed by atoms with Gasteiger partial charge in [0.25, 0.3) is 0 Å². The summed E-state index contributed by atoms with van der Waals surface area (Å²) in [6.45, 7) is 5.37. The smallest absolute Gasteiger partial charge is 0.182 e. The molecule has 1 fully saturated rings. The summed E-state index contributed by atoms with van der Waals surface area (Å²) in [6.07, 6.45) is 5.80. The van der Waals surface area contributed by atoms with Crippen molar-refractivity contribution in [3.05, 3.63) is 30.0 Å². The highest BCUT2D eigenvalue weighted by atomic mass is 16.1. The van der Waals surface area contributed by atoms with Gasteiger partial charge in [-0.1, -0.05) is 13.8 Å². The number of nitrogens with zero attached hydrogens (tertiary/aromatic N) is 1. The zero-order chi connectivity index (χ0) is 14.9. The Hall–Kier alpha value is -1.68. The summed E-state index contributed by atoms with van der Waals surface area (Å²) in [5, 5.41) is 11.4. The van der Waals surface area contributed by atoms with Crippen LogP contribution in [0, 0.1) is 5.92 Å². The molecule has 1 aromatic carbocycles. The molecular weight excluding hydrogens is 262 g/mol. The minimum atomic E-state index is -0.359. The summed E-state index contributed by atoms with van der Waals surface area (Å²) in [5.74, 6) is 0.858. The van der Waals surface area contributed by atoms with E-state index < -0.39 is 0 Å². The van der Waals surface area contributed by atoms with Crippen LogP contribution in [0.25, 0.3) is 10.9 Å². The first kappa shape index (κ1) is 14.3. The van der Waals surface area contributed by atoms with E-state index in [1.807, 2.05) is 18.2 Å². The van der Waals surface area contributed by atoms with Crippen molar-refractivity contribution in [2.45, 2.75) is 45.1 Å². The fourth-order valence-corrected chi connectivity index (χ4v) is 3.22. The van der Waals surface area contributed by atoms with Crippen molar-refractivity contribution >= 4 is 16.7 Å². The number of rotatable bonds is 5. The number of H-pyrrole nitrogens is 1. The van der Waals surface area contributed by atoms with Gasteiger partial charge in [0.15, 0.2) is 5.78 Å². The molecule has 112 valence electrons. The van der Waals surface area contributed by atoms with Crippen LogP contribution in [0.2, 0.25) is 0 Å². The molecule has 4 nitrogen and oxygen atoms in total. The average Bonchev–Trinajstić information content (AvgIpc) is 3.13. The Morgan fingerprint density at radius 2 is 2.29 bits per heavy atom. The molecule has 3 rings (SSSR count). The topological polar surface area (TPSA) is 57.8 Å². The largest absolute Gasteiger partial charge is 0.305 e. The molecule has 1 saturated heterocycles. The lowest BCUT2D eigenvalue weighted by Crippen LogP contribution is -2.47. The van der Waals surface area contributed by atoms with Gasteiger partial charge in [-0.25, -0.2) is 0 Å². The third-order valence-electron chi connectivity index (χ3n) is 4.53. The van der Waals surface area contributed by atoms with Gasteiger partial charge in [-0.15, -0.1) is 0 Å². The molecule has 0 saturated carbocycles. The molecular formula is C17H23N3O. The van der Waals surface area contributed by atoms with Gasteiger partial charge < -0.3 is 5.32 Å². The molecule has 1 aromatic heterocycles. The first-order valence-corrected chi connectivity index (χ1v) is 7.84. The highest BCUT2D eigenvalue weighted by molar-refractivity contribution is 6.05. The molecule has 1 unspecified atom stereocenters. The monoisotopic (exact) mass is 285 g/mol. The van der Waals surface area contributed by atoms with Crippen molar-refractivity contribution in [2.75, 3.05) is 6.54 Å². The van der Waals surface area contributed by atoms with Gasteiger partial charge in [0.05, 0.1) is 17.3 Å². The predicted octanol–water partition coefficient (Wildman–Crippen LogP) is 3.30. The number of hydrogen-bond donors (Lipinski definition) is 2. The van der Waals surface area contributed by atoms with E-state index in [2.05, 4.69) is 29.4 Å². The highest BCUT2D eigenvalue weighted by Crippen LogP contribution is 2.31. The average molecular weight is 285 g/mol. The van der Waals surface area contributed by atoms with Crippen molar-refractivity contribution in [3.8, 4) is 0 Å². The maximum atomic E-state index is 13.1. The van der Waals surface area contributed by atoms with Crippen molar-refractivity contribution in [2.24, 2.45) is 5.92 Å². The van der Waals surface area contributed by atoms with Crippen LogP contribution >= 0.6 is 0 Å². The fraction of sp³-hybridized carbons (Fsp3) is 0.529. The molecule has 2 N–H and O–H groups in total. The predicted molar refractivity (Wildman–Crippen MR) is 84.5 cm³/mol. The van der Waals surface area contributed by atoms with Gasteiger partial charge in [0.1, 0.15) is 0 Å². The van der Waals surface area contributed by atoms with Gasteiger partial charge in [-0.05, 0) is 56.3 Å². The molecule has 21 heavy (non-hydrogen) atoms. The van der Waals surface area contributed by atoms with Crippen molar-refractivity contribution in [1.29, 1.82) is 0 Å². The number of aromatic amines is 1. The maximum absolute atomic E-state index is 13.1. The van der Waals surface area contributed by atoms with Gasteiger partial charge >= 0.3 is 0 Å². The Kier molecular flexibility index (Phi) is 3.81. The summed E-state index contributed by atoms with van der Waals surface area (Å²) >= 11 is 0. The van der Waals surface area contributed by atoms with E-state index in [0.29, 0.717) is 5.92 Å². The molecule has 0 radical (unpaired) electrons. The van der Waals surface area contributed by atoms with Crippen LogP contribution in [0.15, 0.2) is 24.4 Å². The quantitative estimate of drug-likeness (QED) is 0.829. The highest BCUT2D eigenvalue weighted by Gasteiger charge is 2.40. The van der Waals surface area contributed by atoms with E-state index in [4.69, 9.17) is 0 Å². The number of Topliss-reactive ketones (excluding diaryl/α,β-unsaturated/α-hetero) is 1. The SMILES string of the molecule is CC(C)CCC1(C(=O)c2ccc3[nH]ncc3c2)CCCN1. The molecule has 2 heterocycles. The Morgan fingerprint density at radius 1 is 1.43 bits per heavy atom. The van der Waals surface area contributed by atoms with Crippen LogP contribution in [0.5, 0.6) is 0 Å². The third-order valence-corrected chi connectivity index (χ3v) is 4.53. The maximum Gasteiger partial charge on any atom is 0.182 e. The molecule has 1 atom stereocenters. The normalized spacial score (nSPS) is 22.2. The van der Waals surface area contributed by atoms with Crippen LogP contribution in [0.3, 0.4) is 0 Å². The van der Waals surface area contributed by atoms with Crippen LogP contribution in [-0.2, 0) is 0 Å². The summed E-state index contributed by atoms with van der Waals surface area (Å²) in [4.78, 5) is 13.1. The third kappa shape index (κ3) is 2.72. The van der Waals surface area contributed by atoms with Crippen LogP contribution in [0.4, 0.5) is 0 Å². The van der Waals surface area contributed by atoms with Crippen LogP contribution < -0.4 is 5.32 Å². The molecule has 1 aliphatic rings. The van der Waals surface area contributed by atoms with Gasteiger partial charge in [0.2, 0.25) is 0 Å². The molecule has 0 amide bonds. The number of benzene rings is 1. The number of ketones is 1. The number of fused-ring (bicyclic) bond motifs is 1. The Labute approximate surface area is 125 Å². The Morgan fingerprint density at radius 3 is 3.00 bits per heavy atom. The second-order valence-electron chi connectivity index (χ2n) is 6.55. The number of aromatic nitrogens is 2.